The number of rotatable bonds is 7. The van der Waals surface area contributed by atoms with E-state index in [1.807, 2.05) is 18.2 Å². The first-order valence-electron chi connectivity index (χ1n) is 9.52. The van der Waals surface area contributed by atoms with Crippen molar-refractivity contribution in [3.8, 4) is 11.5 Å². The zero-order valence-corrected chi connectivity index (χ0v) is 19.5. The molecule has 0 spiro atoms. The lowest BCUT2D eigenvalue weighted by atomic mass is 10.2. The Labute approximate surface area is 205 Å². The van der Waals surface area contributed by atoms with Crippen molar-refractivity contribution >= 4 is 58.5 Å². The van der Waals surface area contributed by atoms with Gasteiger partial charge < -0.3 is 14.8 Å². The fraction of sp³-hybridized carbons (Fsp3) is 0.0870. The van der Waals surface area contributed by atoms with Crippen molar-refractivity contribution in [1.29, 1.82) is 0 Å². The Morgan fingerprint density at radius 3 is 2.42 bits per heavy atom. The summed E-state index contributed by atoms with van der Waals surface area (Å²) in [6, 6.07) is 17.1. The fourth-order valence-electron chi connectivity index (χ4n) is 2.71. The van der Waals surface area contributed by atoms with Gasteiger partial charge in [0.1, 0.15) is 6.61 Å². The summed E-state index contributed by atoms with van der Waals surface area (Å²) >= 11 is 18.1. The molecule has 0 fully saturated rings. The molecule has 3 rings (SSSR count). The number of para-hydroxylation sites is 1. The van der Waals surface area contributed by atoms with Gasteiger partial charge in [-0.2, -0.15) is 5.10 Å². The van der Waals surface area contributed by atoms with E-state index in [0.29, 0.717) is 22.1 Å². The van der Waals surface area contributed by atoms with Crippen molar-refractivity contribution < 1.29 is 19.1 Å². The van der Waals surface area contributed by atoms with Crippen LogP contribution in [0, 0.1) is 0 Å². The molecule has 0 saturated carbocycles. The predicted octanol–water partition coefficient (Wildman–Crippen LogP) is 5.32. The summed E-state index contributed by atoms with van der Waals surface area (Å²) in [4.78, 5) is 24.2. The van der Waals surface area contributed by atoms with Gasteiger partial charge >= 0.3 is 11.8 Å². The second-order valence-electron chi connectivity index (χ2n) is 6.51. The predicted molar refractivity (Wildman–Crippen MR) is 130 cm³/mol. The molecule has 2 N–H and O–H groups in total. The Balaban J connectivity index is 1.68. The van der Waals surface area contributed by atoms with E-state index in [1.54, 1.807) is 36.4 Å². The Morgan fingerprint density at radius 2 is 1.67 bits per heavy atom. The Bertz CT molecular complexity index is 1200. The molecule has 0 aliphatic carbocycles. The number of hydrazone groups is 1. The van der Waals surface area contributed by atoms with Crippen LogP contribution >= 0.6 is 34.8 Å². The Morgan fingerprint density at radius 1 is 0.939 bits per heavy atom. The third-order valence-corrected chi connectivity index (χ3v) is 5.52. The number of carbonyl (C=O) groups is 2. The monoisotopic (exact) mass is 505 g/mol. The van der Waals surface area contributed by atoms with Crippen LogP contribution in [0.25, 0.3) is 0 Å². The van der Waals surface area contributed by atoms with Gasteiger partial charge in [-0.15, -0.1) is 0 Å². The molecule has 0 radical (unpaired) electrons. The molecule has 0 aliphatic heterocycles. The van der Waals surface area contributed by atoms with Gasteiger partial charge in [-0.3, -0.25) is 9.59 Å². The molecule has 0 aliphatic rings. The first-order chi connectivity index (χ1) is 15.9. The van der Waals surface area contributed by atoms with E-state index < -0.39 is 11.8 Å². The number of nitrogens with zero attached hydrogens (tertiary/aromatic N) is 1. The molecule has 0 heterocycles. The number of ether oxygens (including phenoxy) is 2. The first-order valence-corrected chi connectivity index (χ1v) is 10.7. The lowest BCUT2D eigenvalue weighted by Crippen LogP contribution is -2.32. The smallest absolute Gasteiger partial charge is 0.329 e. The van der Waals surface area contributed by atoms with E-state index in [2.05, 4.69) is 15.8 Å². The van der Waals surface area contributed by atoms with Gasteiger partial charge in [0, 0.05) is 16.1 Å². The number of hydrogen-bond acceptors (Lipinski definition) is 5. The minimum atomic E-state index is -0.997. The number of hydrogen-bond donors (Lipinski definition) is 2. The van der Waals surface area contributed by atoms with Crippen LogP contribution in [0.3, 0.4) is 0 Å². The third-order valence-electron chi connectivity index (χ3n) is 4.33. The SMILES string of the molecule is COc1cccc(/C=N\NC(=O)C(=O)Nc2cccc(Cl)c2Cl)c1OCc1ccccc1Cl. The van der Waals surface area contributed by atoms with Crippen LogP contribution in [0.4, 0.5) is 5.69 Å². The molecule has 33 heavy (non-hydrogen) atoms. The van der Waals surface area contributed by atoms with Crippen molar-refractivity contribution in [3.05, 3.63) is 86.9 Å². The molecule has 3 aromatic rings. The summed E-state index contributed by atoms with van der Waals surface area (Å²) in [6.45, 7) is 0.191. The van der Waals surface area contributed by atoms with Crippen molar-refractivity contribution in [2.24, 2.45) is 5.10 Å². The van der Waals surface area contributed by atoms with Crippen LogP contribution in [-0.2, 0) is 16.2 Å². The zero-order valence-electron chi connectivity index (χ0n) is 17.3. The minimum absolute atomic E-state index is 0.125. The normalized spacial score (nSPS) is 10.7. The number of methoxy groups -OCH3 is 1. The first kappa shape index (κ1) is 24.4. The molecule has 10 heteroatoms. The van der Waals surface area contributed by atoms with E-state index in [-0.39, 0.29) is 22.3 Å². The van der Waals surface area contributed by atoms with Gasteiger partial charge in [-0.05, 0) is 30.3 Å². The van der Waals surface area contributed by atoms with Crippen LogP contribution in [0.15, 0.2) is 65.8 Å². The van der Waals surface area contributed by atoms with E-state index in [0.717, 1.165) is 5.56 Å². The van der Waals surface area contributed by atoms with E-state index in [9.17, 15) is 9.59 Å². The largest absolute Gasteiger partial charge is 0.493 e. The van der Waals surface area contributed by atoms with E-state index in [1.165, 1.54) is 19.4 Å². The summed E-state index contributed by atoms with van der Waals surface area (Å²) in [6.07, 6.45) is 1.34. The standard InChI is InChI=1S/C23H18Cl3N3O4/c1-32-19-11-4-7-14(21(19)33-13-15-6-2-3-8-16(15)24)12-27-29-23(31)22(30)28-18-10-5-9-17(25)20(18)26/h2-12H,13H2,1H3,(H,28,30)(H,29,31)/b27-12-. The second-order valence-corrected chi connectivity index (χ2v) is 7.71. The summed E-state index contributed by atoms with van der Waals surface area (Å²) in [5, 5.41) is 7.16. The maximum Gasteiger partial charge on any atom is 0.329 e. The zero-order chi connectivity index (χ0) is 23.8. The topological polar surface area (TPSA) is 89.0 Å². The summed E-state index contributed by atoms with van der Waals surface area (Å²) in [5.74, 6) is -1.10. The molecule has 7 nitrogen and oxygen atoms in total. The van der Waals surface area contributed by atoms with Crippen molar-refractivity contribution in [2.45, 2.75) is 6.61 Å². The maximum absolute atomic E-state index is 12.1. The molecule has 2 amide bonds. The summed E-state index contributed by atoms with van der Waals surface area (Å²) < 4.78 is 11.3. The molecule has 170 valence electrons. The number of halogens is 3. The maximum atomic E-state index is 12.1. The Kier molecular flexibility index (Phi) is 8.54. The van der Waals surface area contributed by atoms with Gasteiger partial charge in [0.05, 0.1) is 29.1 Å². The highest BCUT2D eigenvalue weighted by atomic mass is 35.5. The number of nitrogens with one attached hydrogen (secondary N) is 2. The minimum Gasteiger partial charge on any atom is -0.493 e. The molecular formula is C23H18Cl3N3O4. The van der Waals surface area contributed by atoms with Gasteiger partial charge in [0.15, 0.2) is 11.5 Å². The average molecular weight is 507 g/mol. The molecule has 0 bridgehead atoms. The van der Waals surface area contributed by atoms with Crippen LogP contribution < -0.4 is 20.2 Å². The highest BCUT2D eigenvalue weighted by Crippen LogP contribution is 2.32. The van der Waals surface area contributed by atoms with Crippen molar-refractivity contribution in [1.82, 2.24) is 5.43 Å². The average Bonchev–Trinajstić information content (AvgIpc) is 2.81. The molecular weight excluding hydrogens is 489 g/mol. The van der Waals surface area contributed by atoms with Crippen molar-refractivity contribution in [2.75, 3.05) is 12.4 Å². The molecule has 0 saturated heterocycles. The highest BCUT2D eigenvalue weighted by molar-refractivity contribution is 6.45. The second kappa shape index (κ2) is 11.6. The number of carbonyl (C=O) groups excluding carboxylic acids is 2. The number of benzene rings is 3. The molecule has 0 unspecified atom stereocenters. The summed E-state index contributed by atoms with van der Waals surface area (Å²) in [7, 11) is 1.51. The third kappa shape index (κ3) is 6.38. The highest BCUT2D eigenvalue weighted by Gasteiger charge is 2.16. The summed E-state index contributed by atoms with van der Waals surface area (Å²) in [5.41, 5.74) is 3.67. The molecule has 0 atom stereocenters. The van der Waals surface area contributed by atoms with Crippen LogP contribution in [0.2, 0.25) is 15.1 Å². The number of amides is 2. The van der Waals surface area contributed by atoms with Crippen molar-refractivity contribution in [3.63, 3.8) is 0 Å². The molecule has 3 aromatic carbocycles. The van der Waals surface area contributed by atoms with Gasteiger partial charge in [-0.1, -0.05) is 65.1 Å². The van der Waals surface area contributed by atoms with Gasteiger partial charge in [0.2, 0.25) is 0 Å². The number of anilines is 1. The van der Waals surface area contributed by atoms with E-state index in [4.69, 9.17) is 44.3 Å². The van der Waals surface area contributed by atoms with Crippen LogP contribution in [0.1, 0.15) is 11.1 Å². The lowest BCUT2D eigenvalue weighted by molar-refractivity contribution is -0.136. The lowest BCUT2D eigenvalue weighted by Gasteiger charge is -2.13. The van der Waals surface area contributed by atoms with Crippen LogP contribution in [0.5, 0.6) is 11.5 Å². The van der Waals surface area contributed by atoms with E-state index >= 15 is 0 Å². The molecule has 0 aromatic heterocycles. The van der Waals surface area contributed by atoms with Gasteiger partial charge in [-0.25, -0.2) is 5.43 Å². The van der Waals surface area contributed by atoms with Crippen LogP contribution in [-0.4, -0.2) is 25.1 Å². The fourth-order valence-corrected chi connectivity index (χ4v) is 3.24. The quantitative estimate of drug-likeness (QED) is 0.258. The Hall–Kier alpha value is -3.26. The van der Waals surface area contributed by atoms with Gasteiger partial charge in [0.25, 0.3) is 0 Å².